The Hall–Kier alpha value is -0.0200. The molecular weight excluding hydrogens is 162 g/mol. The van der Waals surface area contributed by atoms with E-state index in [4.69, 9.17) is 12.2 Å². The van der Waals surface area contributed by atoms with Crippen molar-refractivity contribution in [3.8, 4) is 0 Å². The molecule has 1 fully saturated rings. The number of hydrogen-bond acceptors (Lipinski definition) is 2. The third kappa shape index (κ3) is 0.736. The van der Waals surface area contributed by atoms with Crippen LogP contribution in [0.3, 0.4) is 0 Å². The van der Waals surface area contributed by atoms with Crippen molar-refractivity contribution in [3.63, 3.8) is 0 Å². The SMILES string of the molecule is C[C@H]1C(=S)N2C=CCS[C@@H]12. The number of nitrogens with zero attached hydrogens (tertiary/aromatic N) is 1. The summed E-state index contributed by atoms with van der Waals surface area (Å²) in [6, 6.07) is 0. The predicted octanol–water partition coefficient (Wildman–Crippen LogP) is 1.85. The van der Waals surface area contributed by atoms with Gasteiger partial charge >= 0.3 is 0 Å². The van der Waals surface area contributed by atoms with Crippen molar-refractivity contribution in [2.45, 2.75) is 12.3 Å². The zero-order chi connectivity index (χ0) is 7.14. The van der Waals surface area contributed by atoms with Crippen molar-refractivity contribution in [1.29, 1.82) is 0 Å². The lowest BCUT2D eigenvalue weighted by Crippen LogP contribution is -2.55. The van der Waals surface area contributed by atoms with Gasteiger partial charge in [0.05, 0.1) is 10.4 Å². The van der Waals surface area contributed by atoms with Crippen LogP contribution in [-0.4, -0.2) is 21.0 Å². The van der Waals surface area contributed by atoms with Crippen molar-refractivity contribution in [2.75, 3.05) is 5.75 Å². The molecule has 2 aliphatic rings. The summed E-state index contributed by atoms with van der Waals surface area (Å²) in [5.74, 6) is 1.76. The minimum absolute atomic E-state index is 0.616. The minimum Gasteiger partial charge on any atom is -0.329 e. The first-order chi connectivity index (χ1) is 4.80. The van der Waals surface area contributed by atoms with E-state index in [0.717, 1.165) is 10.7 Å². The molecule has 0 aromatic heterocycles. The predicted molar refractivity (Wildman–Crippen MR) is 49.0 cm³/mol. The van der Waals surface area contributed by atoms with Crippen LogP contribution in [0.25, 0.3) is 0 Å². The molecule has 0 aliphatic carbocycles. The highest BCUT2D eigenvalue weighted by Crippen LogP contribution is 2.38. The molecule has 3 heteroatoms. The van der Waals surface area contributed by atoms with Crippen LogP contribution in [0.1, 0.15) is 6.92 Å². The van der Waals surface area contributed by atoms with Crippen LogP contribution >= 0.6 is 24.0 Å². The molecular formula is C7H9NS2. The smallest absolute Gasteiger partial charge is 0.0889 e. The molecule has 0 saturated carbocycles. The number of thiocarbonyl (C=S) groups is 1. The van der Waals surface area contributed by atoms with Gasteiger partial charge in [0.15, 0.2) is 0 Å². The fourth-order valence-corrected chi connectivity index (χ4v) is 2.95. The zero-order valence-electron chi connectivity index (χ0n) is 5.78. The normalized spacial score (nSPS) is 37.3. The van der Waals surface area contributed by atoms with E-state index in [1.807, 2.05) is 11.8 Å². The fourth-order valence-electron chi connectivity index (χ4n) is 1.33. The zero-order valence-corrected chi connectivity index (χ0v) is 7.41. The van der Waals surface area contributed by atoms with Gasteiger partial charge in [0.2, 0.25) is 0 Å². The van der Waals surface area contributed by atoms with Gasteiger partial charge in [0.1, 0.15) is 0 Å². The van der Waals surface area contributed by atoms with Gasteiger partial charge in [0, 0.05) is 17.9 Å². The summed E-state index contributed by atoms with van der Waals surface area (Å²) >= 11 is 7.14. The highest BCUT2D eigenvalue weighted by molar-refractivity contribution is 8.00. The second-order valence-electron chi connectivity index (χ2n) is 2.64. The summed E-state index contributed by atoms with van der Waals surface area (Å²) in [5, 5.41) is 0.650. The Bertz CT molecular complexity index is 200. The molecule has 0 bridgehead atoms. The molecule has 2 aliphatic heterocycles. The van der Waals surface area contributed by atoms with Crippen LogP contribution in [0.15, 0.2) is 12.3 Å². The molecule has 2 heterocycles. The maximum absolute atomic E-state index is 5.17. The molecule has 0 unspecified atom stereocenters. The minimum atomic E-state index is 0.616. The Morgan fingerprint density at radius 3 is 3.30 bits per heavy atom. The number of rotatable bonds is 0. The molecule has 2 atom stereocenters. The monoisotopic (exact) mass is 171 g/mol. The Balaban J connectivity index is 2.18. The molecule has 1 saturated heterocycles. The molecule has 0 aromatic carbocycles. The highest BCUT2D eigenvalue weighted by atomic mass is 32.2. The lowest BCUT2D eigenvalue weighted by Gasteiger charge is -2.47. The summed E-state index contributed by atoms with van der Waals surface area (Å²) in [6.45, 7) is 2.20. The van der Waals surface area contributed by atoms with Gasteiger partial charge in [-0.1, -0.05) is 25.2 Å². The van der Waals surface area contributed by atoms with Gasteiger partial charge in [0.25, 0.3) is 0 Å². The van der Waals surface area contributed by atoms with Crippen LogP contribution in [-0.2, 0) is 0 Å². The first-order valence-electron chi connectivity index (χ1n) is 3.41. The van der Waals surface area contributed by atoms with Gasteiger partial charge in [-0.3, -0.25) is 0 Å². The van der Waals surface area contributed by atoms with Crippen LogP contribution in [0.5, 0.6) is 0 Å². The van der Waals surface area contributed by atoms with Gasteiger partial charge in [-0.25, -0.2) is 0 Å². The van der Waals surface area contributed by atoms with E-state index in [1.54, 1.807) is 0 Å². The Morgan fingerprint density at radius 2 is 2.60 bits per heavy atom. The summed E-state index contributed by atoms with van der Waals surface area (Å²) in [7, 11) is 0. The van der Waals surface area contributed by atoms with E-state index in [1.165, 1.54) is 0 Å². The van der Waals surface area contributed by atoms with Crippen LogP contribution in [0.4, 0.5) is 0 Å². The van der Waals surface area contributed by atoms with Crippen molar-refractivity contribution >= 4 is 29.0 Å². The average Bonchev–Trinajstić information content (AvgIpc) is 2.03. The Morgan fingerprint density at radius 1 is 1.80 bits per heavy atom. The van der Waals surface area contributed by atoms with Crippen molar-refractivity contribution in [1.82, 2.24) is 4.90 Å². The standard InChI is InChI=1S/C7H9NS2/c1-5-6(9)8-3-2-4-10-7(5)8/h2-3,5,7H,4H2,1H3/t5-,7-/m0/s1. The van der Waals surface area contributed by atoms with E-state index in [2.05, 4.69) is 24.1 Å². The topological polar surface area (TPSA) is 3.24 Å². The van der Waals surface area contributed by atoms with E-state index in [0.29, 0.717) is 11.3 Å². The molecule has 10 heavy (non-hydrogen) atoms. The van der Waals surface area contributed by atoms with Gasteiger partial charge < -0.3 is 4.90 Å². The Kier molecular flexibility index (Phi) is 1.49. The van der Waals surface area contributed by atoms with Crippen LogP contribution in [0.2, 0.25) is 0 Å². The van der Waals surface area contributed by atoms with E-state index in [9.17, 15) is 0 Å². The molecule has 0 radical (unpaired) electrons. The van der Waals surface area contributed by atoms with E-state index >= 15 is 0 Å². The van der Waals surface area contributed by atoms with Crippen molar-refractivity contribution < 1.29 is 0 Å². The molecule has 0 N–H and O–H groups in total. The third-order valence-corrected chi connectivity index (χ3v) is 3.92. The lowest BCUT2D eigenvalue weighted by molar-refractivity contribution is 0.357. The molecule has 54 valence electrons. The van der Waals surface area contributed by atoms with Crippen LogP contribution < -0.4 is 0 Å². The maximum Gasteiger partial charge on any atom is 0.0889 e. The number of thioether (sulfide) groups is 1. The van der Waals surface area contributed by atoms with Gasteiger partial charge in [-0.15, -0.1) is 11.8 Å². The largest absolute Gasteiger partial charge is 0.329 e. The number of hydrogen-bond donors (Lipinski definition) is 0. The Labute approximate surface area is 70.5 Å². The summed E-state index contributed by atoms with van der Waals surface area (Å²) < 4.78 is 0. The van der Waals surface area contributed by atoms with Crippen molar-refractivity contribution in [3.05, 3.63) is 12.3 Å². The molecule has 0 aromatic rings. The quantitative estimate of drug-likeness (QED) is 0.512. The van der Waals surface area contributed by atoms with Crippen molar-refractivity contribution in [2.24, 2.45) is 5.92 Å². The number of fused-ring (bicyclic) bond motifs is 1. The van der Waals surface area contributed by atoms with E-state index < -0.39 is 0 Å². The summed E-state index contributed by atoms with van der Waals surface area (Å²) in [4.78, 5) is 3.29. The second kappa shape index (κ2) is 2.24. The first-order valence-corrected chi connectivity index (χ1v) is 4.87. The summed E-state index contributed by atoms with van der Waals surface area (Å²) in [5.41, 5.74) is 0. The average molecular weight is 171 g/mol. The van der Waals surface area contributed by atoms with Gasteiger partial charge in [-0.05, 0) is 0 Å². The third-order valence-electron chi connectivity index (χ3n) is 1.98. The maximum atomic E-state index is 5.17. The van der Waals surface area contributed by atoms with Gasteiger partial charge in [-0.2, -0.15) is 0 Å². The first kappa shape index (κ1) is 6.68. The molecule has 1 nitrogen and oxygen atoms in total. The fraction of sp³-hybridized carbons (Fsp3) is 0.571. The molecule has 0 amide bonds. The highest BCUT2D eigenvalue weighted by Gasteiger charge is 2.40. The van der Waals surface area contributed by atoms with Crippen LogP contribution in [0, 0.1) is 5.92 Å². The lowest BCUT2D eigenvalue weighted by atomic mass is 10.0. The molecule has 2 rings (SSSR count). The van der Waals surface area contributed by atoms with E-state index in [-0.39, 0.29) is 0 Å². The molecule has 0 spiro atoms. The second-order valence-corrected chi connectivity index (χ2v) is 4.21. The summed E-state index contributed by atoms with van der Waals surface area (Å²) in [6.07, 6.45) is 4.28.